The summed E-state index contributed by atoms with van der Waals surface area (Å²) in [5.74, 6) is 5.53. The van der Waals surface area contributed by atoms with E-state index >= 15 is 0 Å². The molecule has 0 aliphatic rings. The van der Waals surface area contributed by atoms with Gasteiger partial charge in [-0.15, -0.1) is 0 Å². The Morgan fingerprint density at radius 1 is 1.10 bits per heavy atom. The van der Waals surface area contributed by atoms with E-state index in [0.29, 0.717) is 27.9 Å². The highest BCUT2D eigenvalue weighted by Crippen LogP contribution is 2.24. The molecule has 0 radical (unpaired) electrons. The fourth-order valence-corrected chi connectivity index (χ4v) is 2.94. The molecule has 0 aliphatic heterocycles. The van der Waals surface area contributed by atoms with Crippen molar-refractivity contribution in [2.45, 2.75) is 0 Å². The maximum atomic E-state index is 11.2. The van der Waals surface area contributed by atoms with Crippen LogP contribution < -0.4 is 5.73 Å². The van der Waals surface area contributed by atoms with Crippen LogP contribution >= 0.6 is 0 Å². The van der Waals surface area contributed by atoms with Crippen LogP contribution in [0.5, 0.6) is 0 Å². The maximum absolute atomic E-state index is 11.2. The lowest BCUT2D eigenvalue weighted by atomic mass is 10.1. The van der Waals surface area contributed by atoms with E-state index in [0.717, 1.165) is 11.1 Å². The predicted molar refractivity (Wildman–Crippen MR) is 111 cm³/mol. The van der Waals surface area contributed by atoms with Crippen LogP contribution in [-0.2, 0) is 11.8 Å². The molecule has 0 aliphatic carbocycles. The number of aryl methyl sites for hydroxylation is 1. The normalized spacial score (nSPS) is 10.3. The zero-order valence-electron chi connectivity index (χ0n) is 16.0. The molecule has 2 N–H and O–H groups in total. The largest absolute Gasteiger partial charge is 0.366 e. The van der Waals surface area contributed by atoms with Crippen molar-refractivity contribution in [3.63, 3.8) is 0 Å². The monoisotopic (exact) mass is 393 g/mol. The summed E-state index contributed by atoms with van der Waals surface area (Å²) in [5.41, 5.74) is 9.90. The molecule has 0 saturated carbocycles. The van der Waals surface area contributed by atoms with Crippen molar-refractivity contribution in [2.24, 2.45) is 12.8 Å². The number of fused-ring (bicyclic) bond motifs is 1. The van der Waals surface area contributed by atoms with Gasteiger partial charge < -0.3 is 5.73 Å². The highest BCUT2D eigenvalue weighted by Gasteiger charge is 2.12. The van der Waals surface area contributed by atoms with Crippen LogP contribution in [0.4, 0.5) is 0 Å². The second-order valence-corrected chi connectivity index (χ2v) is 6.53. The van der Waals surface area contributed by atoms with E-state index in [1.54, 1.807) is 33.7 Å². The molecule has 4 rings (SSSR count). The molecule has 1 amide bonds. The summed E-state index contributed by atoms with van der Waals surface area (Å²) in [6.07, 6.45) is 8.53. The molecular weight excluding hydrogens is 378 g/mol. The van der Waals surface area contributed by atoms with Crippen molar-refractivity contribution in [3.8, 4) is 29.0 Å². The molecule has 0 aromatic carbocycles. The number of primary amides is 1. The van der Waals surface area contributed by atoms with Crippen LogP contribution in [0.25, 0.3) is 22.2 Å². The van der Waals surface area contributed by atoms with Crippen LogP contribution in [0, 0.1) is 23.2 Å². The van der Waals surface area contributed by atoms with Crippen molar-refractivity contribution >= 4 is 17.0 Å². The first kappa shape index (κ1) is 18.7. The number of hydrogen-bond donors (Lipinski definition) is 1. The number of rotatable bonds is 3. The molecule has 0 atom stereocenters. The molecule has 0 spiro atoms. The topological polar surface area (TPSA) is 115 Å². The van der Waals surface area contributed by atoms with E-state index in [9.17, 15) is 10.1 Å². The third kappa shape index (κ3) is 3.41. The third-order valence-corrected chi connectivity index (χ3v) is 4.48. The van der Waals surface area contributed by atoms with Gasteiger partial charge in [-0.3, -0.25) is 14.5 Å². The second kappa shape index (κ2) is 7.38. The molecule has 8 heteroatoms. The molecule has 4 aromatic heterocycles. The Labute approximate surface area is 171 Å². The number of nitrogens with two attached hydrogens (primary N) is 1. The molecule has 4 aromatic rings. The first-order valence-corrected chi connectivity index (χ1v) is 8.84. The molecule has 8 nitrogen and oxygen atoms in total. The van der Waals surface area contributed by atoms with Crippen molar-refractivity contribution in [1.82, 2.24) is 24.4 Å². The Morgan fingerprint density at radius 3 is 2.57 bits per heavy atom. The van der Waals surface area contributed by atoms with Crippen molar-refractivity contribution < 1.29 is 4.79 Å². The van der Waals surface area contributed by atoms with Gasteiger partial charge >= 0.3 is 0 Å². The van der Waals surface area contributed by atoms with Gasteiger partial charge in [-0.25, -0.2) is 4.52 Å². The summed E-state index contributed by atoms with van der Waals surface area (Å²) >= 11 is 0. The highest BCUT2D eigenvalue weighted by atomic mass is 16.1. The maximum Gasteiger partial charge on any atom is 0.250 e. The Hall–Kier alpha value is -4.69. The Balaban J connectivity index is 1.79. The molecule has 0 unspecified atom stereocenters. The number of hydrogen-bond acceptors (Lipinski definition) is 5. The minimum atomic E-state index is -0.624. The van der Waals surface area contributed by atoms with Gasteiger partial charge in [0.25, 0.3) is 0 Å². The first-order valence-electron chi connectivity index (χ1n) is 8.84. The van der Waals surface area contributed by atoms with Crippen LogP contribution in [0.3, 0.4) is 0 Å². The zero-order chi connectivity index (χ0) is 21.3. The molecule has 144 valence electrons. The van der Waals surface area contributed by atoms with E-state index in [-0.39, 0.29) is 5.57 Å². The predicted octanol–water partition coefficient (Wildman–Crippen LogP) is 1.90. The Morgan fingerprint density at radius 2 is 1.93 bits per heavy atom. The average Bonchev–Trinajstić information content (AvgIpc) is 3.37. The lowest BCUT2D eigenvalue weighted by Gasteiger charge is -2.03. The van der Waals surface area contributed by atoms with Gasteiger partial charge in [-0.05, 0) is 18.2 Å². The zero-order valence-corrected chi connectivity index (χ0v) is 16.0. The molecule has 0 fully saturated rings. The van der Waals surface area contributed by atoms with E-state index < -0.39 is 5.91 Å². The molecule has 4 heterocycles. The van der Waals surface area contributed by atoms with Gasteiger partial charge in [-0.1, -0.05) is 18.4 Å². The van der Waals surface area contributed by atoms with Crippen LogP contribution in [0.2, 0.25) is 0 Å². The first-order chi connectivity index (χ1) is 14.5. The SMILES string of the molecule is C=C(C(N)=O)c1ccc(C#Cc2cc(-c3cnn(C)c3)cn3ncc(C#N)c23)cn1. The van der Waals surface area contributed by atoms with Crippen LogP contribution in [0.1, 0.15) is 22.4 Å². The highest BCUT2D eigenvalue weighted by molar-refractivity contribution is 6.17. The summed E-state index contributed by atoms with van der Waals surface area (Å²) < 4.78 is 3.35. The lowest BCUT2D eigenvalue weighted by molar-refractivity contribution is -0.112. The Kier molecular flexibility index (Phi) is 4.59. The van der Waals surface area contributed by atoms with Gasteiger partial charge in [0.15, 0.2) is 0 Å². The van der Waals surface area contributed by atoms with E-state index in [4.69, 9.17) is 5.73 Å². The number of pyridine rings is 2. The van der Waals surface area contributed by atoms with Gasteiger partial charge in [0.05, 0.1) is 40.3 Å². The number of nitrogens with zero attached hydrogens (tertiary/aromatic N) is 6. The van der Waals surface area contributed by atoms with Crippen molar-refractivity contribution in [2.75, 3.05) is 0 Å². The number of nitriles is 1. The summed E-state index contributed by atoms with van der Waals surface area (Å²) in [6.45, 7) is 3.62. The molecule has 0 bridgehead atoms. The summed E-state index contributed by atoms with van der Waals surface area (Å²) in [6, 6.07) is 7.42. The van der Waals surface area contributed by atoms with E-state index in [2.05, 4.69) is 39.7 Å². The fraction of sp³-hybridized carbons (Fsp3) is 0.0455. The summed E-state index contributed by atoms with van der Waals surface area (Å²) in [5, 5.41) is 17.9. The minimum Gasteiger partial charge on any atom is -0.366 e. The van der Waals surface area contributed by atoms with E-state index in [1.165, 1.54) is 6.20 Å². The van der Waals surface area contributed by atoms with Gasteiger partial charge in [0.1, 0.15) is 6.07 Å². The number of amides is 1. The molecular formula is C22H15N7O. The van der Waals surface area contributed by atoms with Gasteiger partial charge in [0.2, 0.25) is 5.91 Å². The van der Waals surface area contributed by atoms with Crippen LogP contribution in [0.15, 0.2) is 55.8 Å². The quantitative estimate of drug-likeness (QED) is 0.422. The number of aromatic nitrogens is 5. The summed E-state index contributed by atoms with van der Waals surface area (Å²) in [4.78, 5) is 15.4. The average molecular weight is 393 g/mol. The third-order valence-electron chi connectivity index (χ3n) is 4.48. The smallest absolute Gasteiger partial charge is 0.250 e. The fourth-order valence-electron chi connectivity index (χ4n) is 2.94. The summed E-state index contributed by atoms with van der Waals surface area (Å²) in [7, 11) is 1.84. The van der Waals surface area contributed by atoms with Gasteiger partial charge in [0, 0.05) is 42.3 Å². The molecule has 30 heavy (non-hydrogen) atoms. The molecule has 0 saturated heterocycles. The van der Waals surface area contributed by atoms with Crippen LogP contribution in [-0.4, -0.2) is 30.3 Å². The standard InChI is InChI=1S/C22H15N7O/c1-14(22(24)30)20-6-4-15(9-25-20)3-5-16-7-17(19-11-26-28(2)12-19)13-29-21(16)18(8-23)10-27-29/h4,6-7,9-13H,1H2,2H3,(H2,24,30). The minimum absolute atomic E-state index is 0.137. The second-order valence-electron chi connectivity index (χ2n) is 6.53. The lowest BCUT2D eigenvalue weighted by Crippen LogP contribution is -2.12. The Bertz CT molecular complexity index is 1410. The number of carbonyl (C=O) groups is 1. The van der Waals surface area contributed by atoms with Gasteiger partial charge in [-0.2, -0.15) is 15.5 Å². The van der Waals surface area contributed by atoms with Crippen molar-refractivity contribution in [1.29, 1.82) is 5.26 Å². The number of carbonyl (C=O) groups excluding carboxylic acids is 1. The van der Waals surface area contributed by atoms with E-state index in [1.807, 2.05) is 25.5 Å². The van der Waals surface area contributed by atoms with Crippen molar-refractivity contribution in [3.05, 3.63) is 78.1 Å².